The summed E-state index contributed by atoms with van der Waals surface area (Å²) >= 11 is 6.04. The van der Waals surface area contributed by atoms with Crippen molar-refractivity contribution in [2.75, 3.05) is 7.11 Å². The second-order valence-electron chi connectivity index (χ2n) is 5.08. The highest BCUT2D eigenvalue weighted by Gasteiger charge is 2.27. The van der Waals surface area contributed by atoms with Crippen LogP contribution in [0.5, 0.6) is 5.75 Å². The molecule has 0 heterocycles. The maximum atomic E-state index is 6.23. The highest BCUT2D eigenvalue weighted by atomic mass is 35.5. The van der Waals surface area contributed by atoms with Crippen LogP contribution in [-0.2, 0) is 0 Å². The van der Waals surface area contributed by atoms with E-state index in [2.05, 4.69) is 13.0 Å². The molecular weight excluding hydrogens is 234 g/mol. The molecule has 3 atom stereocenters. The average Bonchev–Trinajstić information content (AvgIpc) is 2.33. The van der Waals surface area contributed by atoms with E-state index in [-0.39, 0.29) is 6.04 Å². The molecule has 0 radical (unpaired) electrons. The van der Waals surface area contributed by atoms with E-state index in [9.17, 15) is 0 Å². The summed E-state index contributed by atoms with van der Waals surface area (Å²) in [5.74, 6) is 1.93. The number of methoxy groups -OCH3 is 1. The van der Waals surface area contributed by atoms with Gasteiger partial charge in [-0.15, -0.1) is 0 Å². The molecular formula is C14H20ClNO. The molecule has 2 N–H and O–H groups in total. The Morgan fingerprint density at radius 3 is 2.82 bits per heavy atom. The van der Waals surface area contributed by atoms with Gasteiger partial charge < -0.3 is 10.5 Å². The van der Waals surface area contributed by atoms with E-state index in [4.69, 9.17) is 22.1 Å². The van der Waals surface area contributed by atoms with Gasteiger partial charge in [0, 0.05) is 6.04 Å². The van der Waals surface area contributed by atoms with Gasteiger partial charge in [0.25, 0.3) is 0 Å². The van der Waals surface area contributed by atoms with Crippen molar-refractivity contribution in [2.24, 2.45) is 11.7 Å². The fourth-order valence-electron chi connectivity index (χ4n) is 2.69. The Labute approximate surface area is 108 Å². The minimum atomic E-state index is 0.261. The molecule has 0 bridgehead atoms. The van der Waals surface area contributed by atoms with Gasteiger partial charge in [0.1, 0.15) is 5.75 Å². The minimum absolute atomic E-state index is 0.261. The Balaban J connectivity index is 2.26. The van der Waals surface area contributed by atoms with Crippen molar-refractivity contribution in [1.82, 2.24) is 0 Å². The van der Waals surface area contributed by atoms with Gasteiger partial charge in [-0.3, -0.25) is 0 Å². The molecule has 1 fully saturated rings. The molecule has 3 unspecified atom stereocenters. The normalized spacial score (nSPS) is 29.1. The van der Waals surface area contributed by atoms with Crippen molar-refractivity contribution < 1.29 is 4.74 Å². The first kappa shape index (κ1) is 12.7. The second kappa shape index (κ2) is 5.28. The van der Waals surface area contributed by atoms with Gasteiger partial charge in [-0.2, -0.15) is 0 Å². The fourth-order valence-corrected chi connectivity index (χ4v) is 2.89. The molecule has 1 saturated carbocycles. The molecule has 1 aromatic carbocycles. The fraction of sp³-hybridized carbons (Fsp3) is 0.571. The van der Waals surface area contributed by atoms with Gasteiger partial charge in [-0.25, -0.2) is 0 Å². The van der Waals surface area contributed by atoms with Crippen LogP contribution in [0.1, 0.15) is 37.7 Å². The van der Waals surface area contributed by atoms with E-state index in [0.29, 0.717) is 10.9 Å². The van der Waals surface area contributed by atoms with Crippen molar-refractivity contribution in [3.05, 3.63) is 28.8 Å². The Morgan fingerprint density at radius 2 is 2.12 bits per heavy atom. The van der Waals surface area contributed by atoms with Gasteiger partial charge in [0.05, 0.1) is 12.1 Å². The summed E-state index contributed by atoms with van der Waals surface area (Å²) in [5.41, 5.74) is 7.48. The Bertz CT molecular complexity index is 394. The van der Waals surface area contributed by atoms with E-state index in [1.54, 1.807) is 7.11 Å². The van der Waals surface area contributed by atoms with Crippen LogP contribution in [0.15, 0.2) is 18.2 Å². The standard InChI is InChI=1S/C14H20ClNO/c1-9-3-6-13(16)11(7-9)10-4-5-12(15)14(8-10)17-2/h4-5,8-9,11,13H,3,6-7,16H2,1-2H3. The van der Waals surface area contributed by atoms with Crippen LogP contribution in [0, 0.1) is 5.92 Å². The SMILES string of the molecule is COc1cc(C2CC(C)CCC2N)ccc1Cl. The lowest BCUT2D eigenvalue weighted by Crippen LogP contribution is -2.33. The molecule has 2 rings (SSSR count). The summed E-state index contributed by atoms with van der Waals surface area (Å²) in [6, 6.07) is 6.28. The summed E-state index contributed by atoms with van der Waals surface area (Å²) in [7, 11) is 1.65. The Hall–Kier alpha value is -0.730. The highest BCUT2D eigenvalue weighted by Crippen LogP contribution is 2.37. The molecule has 0 spiro atoms. The summed E-state index contributed by atoms with van der Waals surface area (Å²) in [4.78, 5) is 0. The number of hydrogen-bond donors (Lipinski definition) is 1. The van der Waals surface area contributed by atoms with Gasteiger partial charge in [-0.05, 0) is 48.8 Å². The molecule has 0 aromatic heterocycles. The maximum Gasteiger partial charge on any atom is 0.137 e. The number of nitrogens with two attached hydrogens (primary N) is 1. The molecule has 1 aliphatic carbocycles. The third-order valence-electron chi connectivity index (χ3n) is 3.77. The number of halogens is 1. The quantitative estimate of drug-likeness (QED) is 0.874. The highest BCUT2D eigenvalue weighted by molar-refractivity contribution is 6.32. The summed E-state index contributed by atoms with van der Waals surface area (Å²) < 4.78 is 5.27. The first-order valence-corrected chi connectivity index (χ1v) is 6.58. The monoisotopic (exact) mass is 253 g/mol. The predicted octanol–water partition coefficient (Wildman–Crippen LogP) is 3.58. The van der Waals surface area contributed by atoms with Crippen molar-refractivity contribution in [3.63, 3.8) is 0 Å². The third kappa shape index (κ3) is 2.75. The Morgan fingerprint density at radius 1 is 1.35 bits per heavy atom. The molecule has 0 aliphatic heterocycles. The van der Waals surface area contributed by atoms with Crippen LogP contribution in [0.3, 0.4) is 0 Å². The van der Waals surface area contributed by atoms with Crippen LogP contribution in [0.25, 0.3) is 0 Å². The zero-order valence-corrected chi connectivity index (χ0v) is 11.2. The summed E-state index contributed by atoms with van der Waals surface area (Å²) in [6.07, 6.45) is 3.51. The summed E-state index contributed by atoms with van der Waals surface area (Å²) in [5, 5.41) is 0.661. The maximum absolute atomic E-state index is 6.23. The number of ether oxygens (including phenoxy) is 1. The third-order valence-corrected chi connectivity index (χ3v) is 4.08. The van der Waals surface area contributed by atoms with Crippen LogP contribution in [0.2, 0.25) is 5.02 Å². The van der Waals surface area contributed by atoms with Crippen LogP contribution in [0.4, 0.5) is 0 Å². The van der Waals surface area contributed by atoms with Crippen molar-refractivity contribution >= 4 is 11.6 Å². The molecule has 1 aliphatic rings. The van der Waals surface area contributed by atoms with E-state index in [1.165, 1.54) is 12.0 Å². The smallest absolute Gasteiger partial charge is 0.137 e. The van der Waals surface area contributed by atoms with Crippen molar-refractivity contribution in [3.8, 4) is 5.75 Å². The molecule has 3 heteroatoms. The molecule has 94 valence electrons. The number of hydrogen-bond acceptors (Lipinski definition) is 2. The zero-order chi connectivity index (χ0) is 12.4. The van der Waals surface area contributed by atoms with Crippen molar-refractivity contribution in [1.29, 1.82) is 0 Å². The zero-order valence-electron chi connectivity index (χ0n) is 10.4. The predicted molar refractivity (Wildman–Crippen MR) is 71.7 cm³/mol. The molecule has 2 nitrogen and oxygen atoms in total. The molecule has 0 saturated heterocycles. The van der Waals surface area contributed by atoms with Gasteiger partial charge in [0.2, 0.25) is 0 Å². The number of rotatable bonds is 2. The Kier molecular flexibility index (Phi) is 3.95. The van der Waals surface area contributed by atoms with Crippen LogP contribution < -0.4 is 10.5 Å². The van der Waals surface area contributed by atoms with E-state index >= 15 is 0 Å². The van der Waals surface area contributed by atoms with Gasteiger partial charge in [0.15, 0.2) is 0 Å². The van der Waals surface area contributed by atoms with E-state index < -0.39 is 0 Å². The van der Waals surface area contributed by atoms with Gasteiger partial charge in [-0.1, -0.05) is 24.6 Å². The lowest BCUT2D eigenvalue weighted by atomic mass is 9.76. The minimum Gasteiger partial charge on any atom is -0.495 e. The molecule has 0 amide bonds. The number of benzene rings is 1. The van der Waals surface area contributed by atoms with Gasteiger partial charge >= 0.3 is 0 Å². The van der Waals surface area contributed by atoms with Crippen molar-refractivity contribution in [2.45, 2.75) is 38.1 Å². The first-order chi connectivity index (χ1) is 8.11. The lowest BCUT2D eigenvalue weighted by molar-refractivity contribution is 0.305. The van der Waals surface area contributed by atoms with Crippen LogP contribution in [-0.4, -0.2) is 13.2 Å². The van der Waals surface area contributed by atoms with E-state index in [1.807, 2.05) is 12.1 Å². The second-order valence-corrected chi connectivity index (χ2v) is 5.49. The topological polar surface area (TPSA) is 35.2 Å². The van der Waals surface area contributed by atoms with E-state index in [0.717, 1.165) is 24.5 Å². The molecule has 17 heavy (non-hydrogen) atoms. The molecule has 1 aromatic rings. The first-order valence-electron chi connectivity index (χ1n) is 6.21. The van der Waals surface area contributed by atoms with Crippen LogP contribution >= 0.6 is 11.6 Å². The largest absolute Gasteiger partial charge is 0.495 e. The average molecular weight is 254 g/mol. The summed E-state index contributed by atoms with van der Waals surface area (Å²) in [6.45, 7) is 2.30. The lowest BCUT2D eigenvalue weighted by Gasteiger charge is -2.33.